The van der Waals surface area contributed by atoms with E-state index in [1.54, 1.807) is 0 Å². The van der Waals surface area contributed by atoms with Gasteiger partial charge in [0.25, 0.3) is 0 Å². The zero-order valence-electron chi connectivity index (χ0n) is 11.3. The van der Waals surface area contributed by atoms with Crippen molar-refractivity contribution in [2.45, 2.75) is 31.4 Å². The fourth-order valence-electron chi connectivity index (χ4n) is 1.48. The Morgan fingerprint density at radius 3 is 2.50 bits per heavy atom. The highest BCUT2D eigenvalue weighted by atomic mass is 35.5. The normalized spacial score (nSPS) is 12.1. The maximum atomic E-state index is 12.1. The first-order valence-electron chi connectivity index (χ1n) is 6.07. The highest BCUT2D eigenvalue weighted by molar-refractivity contribution is 7.89. The van der Waals surface area contributed by atoms with Gasteiger partial charge in [-0.1, -0.05) is 23.2 Å². The Labute approximate surface area is 129 Å². The molecule has 3 N–H and O–H groups in total. The van der Waals surface area contributed by atoms with E-state index in [-0.39, 0.29) is 35.7 Å². The summed E-state index contributed by atoms with van der Waals surface area (Å²) < 4.78 is 32.0. The van der Waals surface area contributed by atoms with Crippen LogP contribution in [0.1, 0.15) is 19.4 Å². The molecule has 1 rings (SSSR count). The highest BCUT2D eigenvalue weighted by Gasteiger charge is 2.19. The van der Waals surface area contributed by atoms with E-state index in [9.17, 15) is 8.42 Å². The maximum absolute atomic E-state index is 12.1. The maximum Gasteiger partial charge on any atom is 0.242 e. The van der Waals surface area contributed by atoms with Crippen LogP contribution in [0, 0.1) is 0 Å². The van der Waals surface area contributed by atoms with Crippen LogP contribution in [0.2, 0.25) is 10.0 Å². The molecular formula is C12H18Cl2N2O3S. The molecule has 0 saturated heterocycles. The summed E-state index contributed by atoms with van der Waals surface area (Å²) >= 11 is 11.8. The second kappa shape index (κ2) is 7.59. The molecule has 1 aromatic rings. The molecule has 0 radical (unpaired) electrons. The molecule has 0 aliphatic carbocycles. The average Bonchev–Trinajstić information content (AvgIpc) is 2.34. The van der Waals surface area contributed by atoms with Crippen molar-refractivity contribution in [3.05, 3.63) is 27.7 Å². The van der Waals surface area contributed by atoms with Gasteiger partial charge in [0.2, 0.25) is 10.0 Å². The van der Waals surface area contributed by atoms with Crippen LogP contribution in [0.15, 0.2) is 17.0 Å². The number of halogens is 2. The summed E-state index contributed by atoms with van der Waals surface area (Å²) in [5.41, 5.74) is 6.03. The molecule has 0 aromatic heterocycles. The molecule has 0 fully saturated rings. The third-order valence-corrected chi connectivity index (χ3v) is 4.73. The molecule has 0 amide bonds. The number of nitrogens with two attached hydrogens (primary N) is 1. The van der Waals surface area contributed by atoms with Gasteiger partial charge in [0.05, 0.1) is 17.7 Å². The van der Waals surface area contributed by atoms with E-state index >= 15 is 0 Å². The van der Waals surface area contributed by atoms with Gasteiger partial charge < -0.3 is 10.5 Å². The molecule has 0 spiro atoms. The van der Waals surface area contributed by atoms with E-state index in [0.717, 1.165) is 0 Å². The molecular weight excluding hydrogens is 323 g/mol. The van der Waals surface area contributed by atoms with Crippen LogP contribution in [-0.2, 0) is 21.3 Å². The van der Waals surface area contributed by atoms with Crippen LogP contribution < -0.4 is 10.5 Å². The highest BCUT2D eigenvalue weighted by Crippen LogP contribution is 2.28. The summed E-state index contributed by atoms with van der Waals surface area (Å²) in [6.07, 6.45) is 0.0440. The van der Waals surface area contributed by atoms with Gasteiger partial charge in [-0.15, -0.1) is 0 Å². The molecule has 0 aliphatic heterocycles. The van der Waals surface area contributed by atoms with Crippen LogP contribution in [0.25, 0.3) is 0 Å². The second-order valence-electron chi connectivity index (χ2n) is 4.40. The van der Waals surface area contributed by atoms with Crippen LogP contribution in [0.5, 0.6) is 0 Å². The number of nitrogens with one attached hydrogen (secondary N) is 1. The Hall–Kier alpha value is -0.370. The molecule has 0 bridgehead atoms. The molecule has 114 valence electrons. The molecule has 1 aromatic carbocycles. The molecule has 0 heterocycles. The van der Waals surface area contributed by atoms with Crippen LogP contribution >= 0.6 is 23.2 Å². The number of hydrogen-bond donors (Lipinski definition) is 2. The monoisotopic (exact) mass is 340 g/mol. The quantitative estimate of drug-likeness (QED) is 0.745. The van der Waals surface area contributed by atoms with Crippen LogP contribution in [-0.4, -0.2) is 27.7 Å². The van der Waals surface area contributed by atoms with Crippen molar-refractivity contribution in [2.24, 2.45) is 5.73 Å². The SMILES string of the molecule is CC(C)OCCNS(=O)(=O)c1cc(CN)c(Cl)cc1Cl. The van der Waals surface area contributed by atoms with Gasteiger partial charge in [0.15, 0.2) is 0 Å². The van der Waals surface area contributed by atoms with Gasteiger partial charge in [-0.3, -0.25) is 0 Å². The van der Waals surface area contributed by atoms with Crippen LogP contribution in [0.4, 0.5) is 0 Å². The third-order valence-electron chi connectivity index (χ3n) is 2.46. The minimum absolute atomic E-state index is 0.0337. The van der Waals surface area contributed by atoms with E-state index in [1.807, 2.05) is 13.8 Å². The third kappa shape index (κ3) is 4.87. The zero-order chi connectivity index (χ0) is 15.3. The van der Waals surface area contributed by atoms with Crippen molar-refractivity contribution in [1.82, 2.24) is 4.72 Å². The van der Waals surface area contributed by atoms with E-state index in [1.165, 1.54) is 12.1 Å². The summed E-state index contributed by atoms with van der Waals surface area (Å²) in [5.74, 6) is 0. The number of sulfonamides is 1. The van der Waals surface area contributed by atoms with Gasteiger partial charge in [0.1, 0.15) is 4.90 Å². The summed E-state index contributed by atoms with van der Waals surface area (Å²) in [6.45, 7) is 4.33. The van der Waals surface area contributed by atoms with Gasteiger partial charge in [-0.05, 0) is 31.5 Å². The standard InChI is InChI=1S/C12H18Cl2N2O3S/c1-8(2)19-4-3-16-20(17,18)12-5-9(7-15)10(13)6-11(12)14/h5-6,8,16H,3-4,7,15H2,1-2H3. The van der Waals surface area contributed by atoms with Crippen LogP contribution in [0.3, 0.4) is 0 Å². The Morgan fingerprint density at radius 1 is 1.30 bits per heavy atom. The van der Waals surface area contributed by atoms with Crippen molar-refractivity contribution in [3.63, 3.8) is 0 Å². The van der Waals surface area contributed by atoms with E-state index in [0.29, 0.717) is 10.6 Å². The zero-order valence-corrected chi connectivity index (χ0v) is 13.6. The Morgan fingerprint density at radius 2 is 1.95 bits per heavy atom. The number of hydrogen-bond acceptors (Lipinski definition) is 4. The largest absolute Gasteiger partial charge is 0.377 e. The average molecular weight is 341 g/mol. The van der Waals surface area contributed by atoms with Gasteiger partial charge in [-0.2, -0.15) is 0 Å². The molecule has 8 heteroatoms. The fourth-order valence-corrected chi connectivity index (χ4v) is 3.37. The first-order valence-corrected chi connectivity index (χ1v) is 8.31. The van der Waals surface area contributed by atoms with Crippen molar-refractivity contribution in [2.75, 3.05) is 13.2 Å². The first kappa shape index (κ1) is 17.7. The van der Waals surface area contributed by atoms with Gasteiger partial charge in [-0.25, -0.2) is 13.1 Å². The van der Waals surface area contributed by atoms with E-state index in [4.69, 9.17) is 33.7 Å². The Balaban J connectivity index is 2.87. The molecule has 20 heavy (non-hydrogen) atoms. The molecule has 0 unspecified atom stereocenters. The Kier molecular flexibility index (Phi) is 6.71. The van der Waals surface area contributed by atoms with Crippen molar-refractivity contribution in [3.8, 4) is 0 Å². The van der Waals surface area contributed by atoms with Gasteiger partial charge >= 0.3 is 0 Å². The minimum Gasteiger partial charge on any atom is -0.377 e. The number of benzene rings is 1. The van der Waals surface area contributed by atoms with Crippen molar-refractivity contribution in [1.29, 1.82) is 0 Å². The summed E-state index contributed by atoms with van der Waals surface area (Å²) in [4.78, 5) is -0.0337. The number of ether oxygens (including phenoxy) is 1. The lowest BCUT2D eigenvalue weighted by atomic mass is 10.2. The van der Waals surface area contributed by atoms with Crippen molar-refractivity contribution >= 4 is 33.2 Å². The fraction of sp³-hybridized carbons (Fsp3) is 0.500. The topological polar surface area (TPSA) is 81.4 Å². The van der Waals surface area contributed by atoms with Gasteiger partial charge in [0, 0.05) is 18.1 Å². The lowest BCUT2D eigenvalue weighted by molar-refractivity contribution is 0.0834. The summed E-state index contributed by atoms with van der Waals surface area (Å²) in [6, 6.07) is 2.76. The minimum atomic E-state index is -3.71. The second-order valence-corrected chi connectivity index (χ2v) is 6.95. The lowest BCUT2D eigenvalue weighted by Crippen LogP contribution is -2.28. The summed E-state index contributed by atoms with van der Waals surface area (Å²) in [7, 11) is -3.71. The van der Waals surface area contributed by atoms with Crippen molar-refractivity contribution < 1.29 is 13.2 Å². The number of rotatable bonds is 7. The molecule has 0 saturated carbocycles. The molecule has 0 aliphatic rings. The lowest BCUT2D eigenvalue weighted by Gasteiger charge is -2.12. The first-order chi connectivity index (χ1) is 9.27. The van der Waals surface area contributed by atoms with E-state index in [2.05, 4.69) is 4.72 Å². The summed E-state index contributed by atoms with van der Waals surface area (Å²) in [5, 5.41) is 0.407. The Bertz CT molecular complexity index is 562. The predicted octanol–water partition coefficient (Wildman–Crippen LogP) is 2.16. The molecule has 5 nitrogen and oxygen atoms in total. The van der Waals surface area contributed by atoms with E-state index < -0.39 is 10.0 Å². The molecule has 0 atom stereocenters. The smallest absolute Gasteiger partial charge is 0.242 e. The predicted molar refractivity (Wildman–Crippen MR) is 80.6 cm³/mol.